The lowest BCUT2D eigenvalue weighted by molar-refractivity contribution is 0.0232. The van der Waals surface area contributed by atoms with Crippen molar-refractivity contribution < 1.29 is 9.53 Å². The maximum Gasteiger partial charge on any atom is 0.410 e. The average molecular weight is 333 g/mol. The third kappa shape index (κ3) is 7.02. The molecule has 1 aromatic rings. The molecule has 21 heavy (non-hydrogen) atoms. The number of carbonyl (C=O) groups excluding carboxylic acids is 1. The molecule has 0 heterocycles. The van der Waals surface area contributed by atoms with Gasteiger partial charge < -0.3 is 15.4 Å². The monoisotopic (exact) mass is 332 g/mol. The molecule has 4 nitrogen and oxygen atoms in total. The van der Waals surface area contributed by atoms with E-state index in [2.05, 4.69) is 0 Å². The standard InChI is InChI=1S/C15H22Cl2N2O2/c1-15(2,3)21-14(20)19(6-4-5-18)10-11-7-12(16)9-13(17)8-11/h7-9H,4-6,10,18H2,1-3H3. The van der Waals surface area contributed by atoms with Gasteiger partial charge in [0.1, 0.15) is 5.60 Å². The van der Waals surface area contributed by atoms with E-state index in [1.807, 2.05) is 20.8 Å². The van der Waals surface area contributed by atoms with Gasteiger partial charge in [-0.15, -0.1) is 0 Å². The molecular formula is C15H22Cl2N2O2. The van der Waals surface area contributed by atoms with Crippen molar-refractivity contribution in [3.05, 3.63) is 33.8 Å². The van der Waals surface area contributed by atoms with Crippen LogP contribution in [0.4, 0.5) is 4.79 Å². The molecule has 0 unspecified atom stereocenters. The molecule has 0 saturated heterocycles. The molecule has 6 heteroatoms. The largest absolute Gasteiger partial charge is 0.444 e. The zero-order valence-corrected chi connectivity index (χ0v) is 14.2. The van der Waals surface area contributed by atoms with Gasteiger partial charge >= 0.3 is 6.09 Å². The number of rotatable bonds is 5. The average Bonchev–Trinajstić information content (AvgIpc) is 2.30. The van der Waals surface area contributed by atoms with Crippen molar-refractivity contribution in [3.8, 4) is 0 Å². The summed E-state index contributed by atoms with van der Waals surface area (Å²) in [7, 11) is 0. The number of benzene rings is 1. The molecule has 0 atom stereocenters. The molecule has 1 rings (SSSR count). The molecule has 1 aromatic carbocycles. The Labute approximate surface area is 136 Å². The Morgan fingerprint density at radius 3 is 2.29 bits per heavy atom. The number of ether oxygens (including phenoxy) is 1. The first-order chi connectivity index (χ1) is 9.71. The predicted molar refractivity (Wildman–Crippen MR) is 86.8 cm³/mol. The van der Waals surface area contributed by atoms with Gasteiger partial charge in [-0.2, -0.15) is 0 Å². The molecule has 2 N–H and O–H groups in total. The molecule has 0 spiro atoms. The van der Waals surface area contributed by atoms with E-state index >= 15 is 0 Å². The lowest BCUT2D eigenvalue weighted by Gasteiger charge is -2.27. The minimum atomic E-state index is -0.538. The number of carbonyl (C=O) groups is 1. The zero-order valence-electron chi connectivity index (χ0n) is 12.7. The van der Waals surface area contributed by atoms with E-state index in [0.717, 1.165) is 5.56 Å². The number of halogens is 2. The van der Waals surface area contributed by atoms with E-state index in [9.17, 15) is 4.79 Å². The normalized spacial score (nSPS) is 11.3. The quantitative estimate of drug-likeness (QED) is 0.883. The van der Waals surface area contributed by atoms with Crippen LogP contribution in [0.5, 0.6) is 0 Å². The fraction of sp³-hybridized carbons (Fsp3) is 0.533. The van der Waals surface area contributed by atoms with Crippen LogP contribution < -0.4 is 5.73 Å². The van der Waals surface area contributed by atoms with E-state index in [1.54, 1.807) is 23.1 Å². The molecule has 0 aliphatic heterocycles. The fourth-order valence-corrected chi connectivity index (χ4v) is 2.34. The summed E-state index contributed by atoms with van der Waals surface area (Å²) in [5.74, 6) is 0. The molecule has 0 aromatic heterocycles. The van der Waals surface area contributed by atoms with Crippen LogP contribution in [0.3, 0.4) is 0 Å². The smallest absolute Gasteiger partial charge is 0.410 e. The summed E-state index contributed by atoms with van der Waals surface area (Å²) in [5, 5.41) is 1.08. The Kier molecular flexibility index (Phi) is 6.78. The van der Waals surface area contributed by atoms with Gasteiger partial charge in [0.2, 0.25) is 0 Å². The molecule has 118 valence electrons. The number of hydrogen-bond acceptors (Lipinski definition) is 3. The van der Waals surface area contributed by atoms with Gasteiger partial charge in [-0.05, 0) is 57.5 Å². The van der Waals surface area contributed by atoms with Crippen LogP contribution in [-0.2, 0) is 11.3 Å². The first-order valence-electron chi connectivity index (χ1n) is 6.84. The molecule has 0 aliphatic rings. The Balaban J connectivity index is 2.84. The highest BCUT2D eigenvalue weighted by Crippen LogP contribution is 2.21. The maximum atomic E-state index is 12.2. The van der Waals surface area contributed by atoms with Crippen LogP contribution >= 0.6 is 23.2 Å². The number of nitrogens with two attached hydrogens (primary N) is 1. The second kappa shape index (κ2) is 7.87. The zero-order chi connectivity index (χ0) is 16.0. The summed E-state index contributed by atoms with van der Waals surface area (Å²) in [5.41, 5.74) is 5.84. The maximum absolute atomic E-state index is 12.2. The molecule has 1 amide bonds. The third-order valence-electron chi connectivity index (χ3n) is 2.58. The van der Waals surface area contributed by atoms with Gasteiger partial charge in [-0.3, -0.25) is 0 Å². The minimum Gasteiger partial charge on any atom is -0.444 e. The Hall–Kier alpha value is -0.970. The third-order valence-corrected chi connectivity index (χ3v) is 3.02. The number of nitrogens with zero attached hydrogens (tertiary/aromatic N) is 1. The van der Waals surface area contributed by atoms with Crippen molar-refractivity contribution in [2.45, 2.75) is 39.3 Å². The van der Waals surface area contributed by atoms with E-state index in [0.29, 0.717) is 36.1 Å². The van der Waals surface area contributed by atoms with E-state index < -0.39 is 5.60 Å². The van der Waals surface area contributed by atoms with Crippen LogP contribution in [0, 0.1) is 0 Å². The van der Waals surface area contributed by atoms with Crippen molar-refractivity contribution in [2.24, 2.45) is 5.73 Å². The Morgan fingerprint density at radius 2 is 1.81 bits per heavy atom. The molecule has 0 aliphatic carbocycles. The first-order valence-corrected chi connectivity index (χ1v) is 7.60. The van der Waals surface area contributed by atoms with Crippen LogP contribution in [0.1, 0.15) is 32.8 Å². The highest BCUT2D eigenvalue weighted by atomic mass is 35.5. The molecule has 0 saturated carbocycles. The highest BCUT2D eigenvalue weighted by molar-refractivity contribution is 6.34. The highest BCUT2D eigenvalue weighted by Gasteiger charge is 2.22. The molecule has 0 fully saturated rings. The minimum absolute atomic E-state index is 0.368. The van der Waals surface area contributed by atoms with Gasteiger partial charge in [0.15, 0.2) is 0 Å². The number of hydrogen-bond donors (Lipinski definition) is 1. The molecule has 0 bridgehead atoms. The summed E-state index contributed by atoms with van der Waals surface area (Å²) in [6.07, 6.45) is 0.333. The first kappa shape index (κ1) is 18.1. The summed E-state index contributed by atoms with van der Waals surface area (Å²) in [4.78, 5) is 13.8. The van der Waals surface area contributed by atoms with Crippen LogP contribution in [0.2, 0.25) is 10.0 Å². The van der Waals surface area contributed by atoms with Crippen LogP contribution in [0.15, 0.2) is 18.2 Å². The van der Waals surface area contributed by atoms with Crippen molar-refractivity contribution >= 4 is 29.3 Å². The van der Waals surface area contributed by atoms with Gasteiger partial charge in [0.25, 0.3) is 0 Å². The van der Waals surface area contributed by atoms with Gasteiger partial charge in [0, 0.05) is 23.1 Å². The lowest BCUT2D eigenvalue weighted by Crippen LogP contribution is -2.37. The van der Waals surface area contributed by atoms with Crippen LogP contribution in [0.25, 0.3) is 0 Å². The Bertz CT molecular complexity index is 467. The topological polar surface area (TPSA) is 55.6 Å². The lowest BCUT2D eigenvalue weighted by atomic mass is 10.2. The Morgan fingerprint density at radius 1 is 1.24 bits per heavy atom. The van der Waals surface area contributed by atoms with Crippen molar-refractivity contribution in [3.63, 3.8) is 0 Å². The SMILES string of the molecule is CC(C)(C)OC(=O)N(CCCN)Cc1cc(Cl)cc(Cl)c1. The van der Waals surface area contributed by atoms with E-state index in [4.69, 9.17) is 33.7 Å². The second-order valence-corrected chi connectivity index (χ2v) is 6.69. The molecule has 0 radical (unpaired) electrons. The summed E-state index contributed by atoms with van der Waals surface area (Å²) < 4.78 is 5.41. The summed E-state index contributed by atoms with van der Waals surface area (Å²) >= 11 is 12.0. The fourth-order valence-electron chi connectivity index (χ4n) is 1.77. The van der Waals surface area contributed by atoms with E-state index in [-0.39, 0.29) is 6.09 Å². The summed E-state index contributed by atoms with van der Waals surface area (Å²) in [6.45, 7) is 6.92. The van der Waals surface area contributed by atoms with Gasteiger partial charge in [0.05, 0.1) is 0 Å². The second-order valence-electron chi connectivity index (χ2n) is 5.82. The predicted octanol–water partition coefficient (Wildman–Crippen LogP) is 4.08. The van der Waals surface area contributed by atoms with Crippen LogP contribution in [-0.4, -0.2) is 29.7 Å². The van der Waals surface area contributed by atoms with Crippen molar-refractivity contribution in [2.75, 3.05) is 13.1 Å². The van der Waals surface area contributed by atoms with Gasteiger partial charge in [-0.1, -0.05) is 23.2 Å². The van der Waals surface area contributed by atoms with E-state index in [1.165, 1.54) is 0 Å². The summed E-state index contributed by atoms with van der Waals surface area (Å²) in [6, 6.07) is 5.23. The molecular weight excluding hydrogens is 311 g/mol. The van der Waals surface area contributed by atoms with Gasteiger partial charge in [-0.25, -0.2) is 4.79 Å². The van der Waals surface area contributed by atoms with Crippen molar-refractivity contribution in [1.82, 2.24) is 4.90 Å². The number of amides is 1. The van der Waals surface area contributed by atoms with Crippen molar-refractivity contribution in [1.29, 1.82) is 0 Å².